The van der Waals surface area contributed by atoms with Crippen molar-refractivity contribution in [1.82, 2.24) is 19.5 Å². The molecule has 0 aliphatic carbocycles. The maximum absolute atomic E-state index is 12.6. The van der Waals surface area contributed by atoms with Gasteiger partial charge in [-0.15, -0.1) is 0 Å². The van der Waals surface area contributed by atoms with E-state index >= 15 is 0 Å². The zero-order valence-electron chi connectivity index (χ0n) is 19.9. The molecule has 2 heterocycles. The number of piperazine rings is 1. The van der Waals surface area contributed by atoms with Crippen molar-refractivity contribution in [3.8, 4) is 5.75 Å². The number of β-amino-alcohol motifs (C(OH)–C–C–N with tert-alkyl or cyclic N) is 1. The van der Waals surface area contributed by atoms with Crippen LogP contribution in [-0.2, 0) is 16.4 Å². The van der Waals surface area contributed by atoms with E-state index in [0.29, 0.717) is 30.3 Å². The molecule has 0 radical (unpaired) electrons. The van der Waals surface area contributed by atoms with E-state index in [1.807, 2.05) is 24.4 Å². The Kier molecular flexibility index (Phi) is 8.69. The van der Waals surface area contributed by atoms with E-state index in [9.17, 15) is 13.5 Å². The summed E-state index contributed by atoms with van der Waals surface area (Å²) in [5, 5.41) is 12.0. The third kappa shape index (κ3) is 7.19. The number of fused-ring (bicyclic) bond motifs is 1. The van der Waals surface area contributed by atoms with Crippen molar-refractivity contribution in [2.75, 3.05) is 52.9 Å². The average molecular weight is 521 g/mol. The first-order chi connectivity index (χ1) is 16.8. The van der Waals surface area contributed by atoms with Crippen LogP contribution in [0.4, 0.5) is 0 Å². The lowest BCUT2D eigenvalue weighted by Gasteiger charge is -2.33. The third-order valence-corrected chi connectivity index (χ3v) is 8.00. The van der Waals surface area contributed by atoms with Crippen molar-refractivity contribution in [3.05, 3.63) is 59.2 Å². The molecule has 1 atom stereocenters. The van der Waals surface area contributed by atoms with Gasteiger partial charge in [0.15, 0.2) is 0 Å². The monoisotopic (exact) mass is 520 g/mol. The highest BCUT2D eigenvalue weighted by molar-refractivity contribution is 7.89. The van der Waals surface area contributed by atoms with Crippen LogP contribution in [0.15, 0.2) is 53.6 Å². The van der Waals surface area contributed by atoms with Gasteiger partial charge in [0.25, 0.3) is 0 Å². The molecule has 10 heteroatoms. The smallest absolute Gasteiger partial charge is 0.240 e. The number of rotatable bonds is 11. The van der Waals surface area contributed by atoms with E-state index < -0.39 is 16.1 Å². The van der Waals surface area contributed by atoms with Crippen LogP contribution in [0.5, 0.6) is 5.75 Å². The summed E-state index contributed by atoms with van der Waals surface area (Å²) < 4.78 is 33.6. The van der Waals surface area contributed by atoms with E-state index in [1.165, 1.54) is 12.1 Å². The van der Waals surface area contributed by atoms with Crippen molar-refractivity contribution in [1.29, 1.82) is 0 Å². The number of benzene rings is 2. The fraction of sp³-hybridized carbons (Fsp3) is 0.440. The number of aliphatic hydroxyl groups is 1. The first-order valence-corrected chi connectivity index (χ1v) is 13.7. The summed E-state index contributed by atoms with van der Waals surface area (Å²) in [5.74, 6) is 0.527. The summed E-state index contributed by atoms with van der Waals surface area (Å²) in [4.78, 5) is 7.89. The van der Waals surface area contributed by atoms with E-state index in [4.69, 9.17) is 16.3 Å². The molecular weight excluding hydrogens is 488 g/mol. The number of hydrogen-bond acceptors (Lipinski definition) is 6. The van der Waals surface area contributed by atoms with Crippen LogP contribution in [0, 0.1) is 0 Å². The Balaban J connectivity index is 1.21. The van der Waals surface area contributed by atoms with E-state index in [0.717, 1.165) is 49.1 Å². The van der Waals surface area contributed by atoms with Crippen molar-refractivity contribution in [2.24, 2.45) is 0 Å². The molecule has 0 amide bonds. The summed E-state index contributed by atoms with van der Waals surface area (Å²) in [6, 6.07) is 12.0. The third-order valence-electron chi connectivity index (χ3n) is 6.29. The number of halogens is 1. The molecular formula is C25H33ClN4O4S. The lowest BCUT2D eigenvalue weighted by Crippen LogP contribution is -2.47. The number of aromatic amines is 1. The van der Waals surface area contributed by atoms with Gasteiger partial charge in [0.2, 0.25) is 10.0 Å². The molecule has 8 nitrogen and oxygen atoms in total. The number of H-pyrrole nitrogens is 1. The first-order valence-electron chi connectivity index (χ1n) is 11.9. The molecule has 35 heavy (non-hydrogen) atoms. The predicted molar refractivity (Wildman–Crippen MR) is 139 cm³/mol. The van der Waals surface area contributed by atoms with E-state index in [-0.39, 0.29) is 11.5 Å². The van der Waals surface area contributed by atoms with Gasteiger partial charge in [0.1, 0.15) is 18.5 Å². The maximum Gasteiger partial charge on any atom is 0.240 e. The molecule has 0 unspecified atom stereocenters. The molecule has 1 aliphatic heterocycles. The van der Waals surface area contributed by atoms with Gasteiger partial charge in [0, 0.05) is 61.4 Å². The van der Waals surface area contributed by atoms with Gasteiger partial charge in [-0.05, 0) is 67.9 Å². The number of ether oxygens (including phenoxy) is 1. The summed E-state index contributed by atoms with van der Waals surface area (Å²) in [5.41, 5.74) is 2.12. The van der Waals surface area contributed by atoms with Crippen LogP contribution in [0.25, 0.3) is 10.9 Å². The number of nitrogens with zero attached hydrogens (tertiary/aromatic N) is 2. The van der Waals surface area contributed by atoms with Gasteiger partial charge in [-0.25, -0.2) is 13.1 Å². The maximum atomic E-state index is 12.6. The fourth-order valence-corrected chi connectivity index (χ4v) is 5.46. The summed E-state index contributed by atoms with van der Waals surface area (Å²) >= 11 is 6.10. The van der Waals surface area contributed by atoms with Crippen LogP contribution in [0.2, 0.25) is 5.02 Å². The number of likely N-dealkylation sites (N-methyl/N-ethyl adjacent to an activating group) is 1. The lowest BCUT2D eigenvalue weighted by atomic mass is 10.1. The predicted octanol–water partition coefficient (Wildman–Crippen LogP) is 2.72. The Morgan fingerprint density at radius 3 is 2.63 bits per heavy atom. The lowest BCUT2D eigenvalue weighted by molar-refractivity contribution is 0.0504. The second-order valence-electron chi connectivity index (χ2n) is 9.05. The normalized spacial score (nSPS) is 16.5. The molecule has 190 valence electrons. The fourth-order valence-electron chi connectivity index (χ4n) is 4.21. The van der Waals surface area contributed by atoms with Crippen LogP contribution in [0.1, 0.15) is 12.0 Å². The molecule has 1 aromatic heterocycles. The Hall–Kier alpha value is -2.14. The van der Waals surface area contributed by atoms with Crippen molar-refractivity contribution < 1.29 is 18.3 Å². The Labute approximate surface area is 211 Å². The molecule has 1 aliphatic rings. The molecule has 0 bridgehead atoms. The molecule has 0 spiro atoms. The molecule has 2 aromatic carbocycles. The zero-order valence-corrected chi connectivity index (χ0v) is 21.5. The first kappa shape index (κ1) is 25.9. The highest BCUT2D eigenvalue weighted by Gasteiger charge is 2.18. The topological polar surface area (TPSA) is 97.9 Å². The van der Waals surface area contributed by atoms with Crippen molar-refractivity contribution in [2.45, 2.75) is 23.8 Å². The minimum Gasteiger partial charge on any atom is -0.491 e. The minimum absolute atomic E-state index is 0.162. The number of hydrogen-bond donors (Lipinski definition) is 3. The second kappa shape index (κ2) is 11.7. The number of aromatic nitrogens is 1. The number of sulfonamides is 1. The van der Waals surface area contributed by atoms with Gasteiger partial charge >= 0.3 is 0 Å². The van der Waals surface area contributed by atoms with Gasteiger partial charge < -0.3 is 19.7 Å². The number of aliphatic hydroxyl groups excluding tert-OH is 1. The standard InChI is InChI=1S/C25H33ClN4O4S/c1-29-11-13-30(14-12-29)17-21(31)18-34-22-5-7-23(8-6-22)35(32,33)28-10-2-3-19-16-27-25-9-4-20(26)15-24(19)25/h4-9,15-16,21,27-28,31H,2-3,10-14,17-18H2,1H3/t21-/m0/s1. The van der Waals surface area contributed by atoms with Crippen molar-refractivity contribution in [3.63, 3.8) is 0 Å². The molecule has 4 rings (SSSR count). The van der Waals surface area contributed by atoms with Gasteiger partial charge in [-0.3, -0.25) is 4.90 Å². The van der Waals surface area contributed by atoms with Crippen LogP contribution in [0.3, 0.4) is 0 Å². The Bertz CT molecular complexity index is 1210. The van der Waals surface area contributed by atoms with Gasteiger partial charge in [-0.2, -0.15) is 0 Å². The Morgan fingerprint density at radius 1 is 1.14 bits per heavy atom. The van der Waals surface area contributed by atoms with Gasteiger partial charge in [-0.1, -0.05) is 11.6 Å². The molecule has 3 aromatic rings. The SMILES string of the molecule is CN1CCN(C[C@H](O)COc2ccc(S(=O)(=O)NCCCc3c[nH]c4ccc(Cl)cc34)cc2)CC1. The summed E-state index contributed by atoms with van der Waals surface area (Å²) in [6.07, 6.45) is 2.73. The zero-order chi connectivity index (χ0) is 24.8. The average Bonchev–Trinajstić information content (AvgIpc) is 3.24. The number of aryl methyl sites for hydroxylation is 1. The second-order valence-corrected chi connectivity index (χ2v) is 11.2. The minimum atomic E-state index is -3.62. The van der Waals surface area contributed by atoms with Crippen molar-refractivity contribution >= 4 is 32.5 Å². The Morgan fingerprint density at radius 2 is 1.89 bits per heavy atom. The molecule has 1 fully saturated rings. The van der Waals surface area contributed by atoms with E-state index in [2.05, 4.69) is 26.6 Å². The van der Waals surface area contributed by atoms with E-state index in [1.54, 1.807) is 12.1 Å². The highest BCUT2D eigenvalue weighted by atomic mass is 35.5. The highest BCUT2D eigenvalue weighted by Crippen LogP contribution is 2.23. The van der Waals surface area contributed by atoms with Crippen LogP contribution in [-0.4, -0.2) is 87.3 Å². The van der Waals surface area contributed by atoms with Gasteiger partial charge in [0.05, 0.1) is 4.90 Å². The molecule has 1 saturated heterocycles. The quantitative estimate of drug-likeness (QED) is 0.336. The molecule has 0 saturated carbocycles. The molecule has 3 N–H and O–H groups in total. The van der Waals surface area contributed by atoms with Crippen LogP contribution >= 0.6 is 11.6 Å². The largest absolute Gasteiger partial charge is 0.491 e. The number of nitrogens with one attached hydrogen (secondary N) is 2. The summed E-state index contributed by atoms with van der Waals surface area (Å²) in [7, 11) is -1.52. The summed E-state index contributed by atoms with van der Waals surface area (Å²) in [6.45, 7) is 4.91. The van der Waals surface area contributed by atoms with Crippen LogP contribution < -0.4 is 9.46 Å².